The van der Waals surface area contributed by atoms with Crippen molar-refractivity contribution in [1.29, 1.82) is 0 Å². The maximum absolute atomic E-state index is 5.84. The fourth-order valence-electron chi connectivity index (χ4n) is 2.32. The van der Waals surface area contributed by atoms with Crippen LogP contribution in [-0.4, -0.2) is 11.5 Å². The van der Waals surface area contributed by atoms with Gasteiger partial charge in [-0.25, -0.2) is 0 Å². The van der Waals surface area contributed by atoms with Crippen LogP contribution in [0.3, 0.4) is 0 Å². The van der Waals surface area contributed by atoms with Gasteiger partial charge in [0.05, 0.1) is 0 Å². The number of aryl methyl sites for hydroxylation is 2. The number of hydrogen-bond donors (Lipinski definition) is 1. The maximum atomic E-state index is 5.84. The minimum atomic E-state index is 0.505. The second-order valence-corrected chi connectivity index (χ2v) is 4.69. The fraction of sp³-hybridized carbons (Fsp3) is 0.312. The highest BCUT2D eigenvalue weighted by atomic mass is 15.1. The Kier molecular flexibility index (Phi) is 4.17. The van der Waals surface area contributed by atoms with E-state index >= 15 is 0 Å². The molecule has 2 aromatic rings. The molecule has 0 aliphatic rings. The van der Waals surface area contributed by atoms with Gasteiger partial charge in [-0.1, -0.05) is 18.2 Å². The van der Waals surface area contributed by atoms with Crippen molar-refractivity contribution in [3.8, 4) is 0 Å². The smallest absolute Gasteiger partial charge is 0.0489 e. The summed E-state index contributed by atoms with van der Waals surface area (Å²) in [6.45, 7) is 7.71. The average Bonchev–Trinajstić information content (AvgIpc) is 2.42. The van der Waals surface area contributed by atoms with Gasteiger partial charge < -0.3 is 10.6 Å². The van der Waals surface area contributed by atoms with Crippen LogP contribution in [0.2, 0.25) is 0 Å². The molecule has 0 aliphatic heterocycles. The lowest BCUT2D eigenvalue weighted by Gasteiger charge is -2.27. The van der Waals surface area contributed by atoms with Crippen molar-refractivity contribution in [3.63, 3.8) is 0 Å². The predicted molar refractivity (Wildman–Crippen MR) is 80.7 cm³/mol. The van der Waals surface area contributed by atoms with Crippen LogP contribution in [0, 0.1) is 13.8 Å². The molecule has 2 rings (SSSR count). The number of para-hydroxylation sites is 1. The van der Waals surface area contributed by atoms with Gasteiger partial charge in [0.15, 0.2) is 0 Å². The van der Waals surface area contributed by atoms with Crippen LogP contribution in [0.5, 0.6) is 0 Å². The van der Waals surface area contributed by atoms with Crippen LogP contribution >= 0.6 is 0 Å². The Morgan fingerprint density at radius 3 is 2.53 bits per heavy atom. The maximum Gasteiger partial charge on any atom is 0.0489 e. The van der Waals surface area contributed by atoms with Gasteiger partial charge in [0.2, 0.25) is 0 Å². The van der Waals surface area contributed by atoms with Gasteiger partial charge in [-0.2, -0.15) is 0 Å². The summed E-state index contributed by atoms with van der Waals surface area (Å²) in [5.74, 6) is 0. The van der Waals surface area contributed by atoms with E-state index in [1.54, 1.807) is 0 Å². The quantitative estimate of drug-likeness (QED) is 0.911. The molecule has 1 aromatic carbocycles. The lowest BCUT2D eigenvalue weighted by atomic mass is 10.1. The first kappa shape index (κ1) is 13.6. The number of anilines is 2. The molecule has 0 aliphatic carbocycles. The summed E-state index contributed by atoms with van der Waals surface area (Å²) >= 11 is 0. The molecule has 0 radical (unpaired) electrons. The van der Waals surface area contributed by atoms with Crippen molar-refractivity contribution < 1.29 is 0 Å². The molecule has 2 N–H and O–H groups in total. The number of rotatable bonds is 4. The van der Waals surface area contributed by atoms with Crippen LogP contribution in [0.1, 0.15) is 23.7 Å². The Bertz CT molecular complexity index is 564. The zero-order valence-electron chi connectivity index (χ0n) is 11.9. The number of nitrogens with two attached hydrogens (primary N) is 1. The fourth-order valence-corrected chi connectivity index (χ4v) is 2.32. The number of benzene rings is 1. The Balaban J connectivity index is 2.54. The molecular weight excluding hydrogens is 234 g/mol. The van der Waals surface area contributed by atoms with Gasteiger partial charge in [0.25, 0.3) is 0 Å². The Hall–Kier alpha value is -1.87. The molecule has 0 bridgehead atoms. The molecule has 19 heavy (non-hydrogen) atoms. The Morgan fingerprint density at radius 2 is 1.89 bits per heavy atom. The third kappa shape index (κ3) is 2.76. The summed E-state index contributed by atoms with van der Waals surface area (Å²) in [6.07, 6.45) is 1.88. The molecule has 0 spiro atoms. The van der Waals surface area contributed by atoms with Gasteiger partial charge in [-0.15, -0.1) is 0 Å². The summed E-state index contributed by atoms with van der Waals surface area (Å²) in [5.41, 5.74) is 11.6. The molecular formula is C16H21N3. The first-order valence-corrected chi connectivity index (χ1v) is 6.66. The van der Waals surface area contributed by atoms with E-state index in [0.717, 1.165) is 23.5 Å². The molecule has 0 fully saturated rings. The number of aromatic nitrogens is 1. The van der Waals surface area contributed by atoms with E-state index in [2.05, 4.69) is 54.1 Å². The SMILES string of the molecule is CCN(c1ccccc1C)c1cc(C)ncc1CN. The summed E-state index contributed by atoms with van der Waals surface area (Å²) in [4.78, 5) is 6.63. The van der Waals surface area contributed by atoms with E-state index in [-0.39, 0.29) is 0 Å². The second kappa shape index (κ2) is 5.85. The van der Waals surface area contributed by atoms with Crippen molar-refractivity contribution in [2.24, 2.45) is 5.73 Å². The molecule has 0 unspecified atom stereocenters. The predicted octanol–water partition coefficient (Wildman–Crippen LogP) is 3.32. The van der Waals surface area contributed by atoms with E-state index in [0.29, 0.717) is 6.54 Å². The largest absolute Gasteiger partial charge is 0.341 e. The van der Waals surface area contributed by atoms with E-state index in [1.807, 2.05) is 13.1 Å². The van der Waals surface area contributed by atoms with Crippen molar-refractivity contribution in [3.05, 3.63) is 53.3 Å². The van der Waals surface area contributed by atoms with Crippen molar-refractivity contribution in [2.75, 3.05) is 11.4 Å². The summed E-state index contributed by atoms with van der Waals surface area (Å²) in [7, 11) is 0. The highest BCUT2D eigenvalue weighted by molar-refractivity contribution is 5.68. The number of hydrogen-bond acceptors (Lipinski definition) is 3. The molecule has 0 amide bonds. The Labute approximate surface area is 115 Å². The van der Waals surface area contributed by atoms with Crippen LogP contribution in [-0.2, 0) is 6.54 Å². The third-order valence-corrected chi connectivity index (χ3v) is 3.33. The molecule has 0 atom stereocenters. The summed E-state index contributed by atoms with van der Waals surface area (Å²) in [6, 6.07) is 10.5. The van der Waals surface area contributed by atoms with Crippen molar-refractivity contribution in [1.82, 2.24) is 4.98 Å². The summed E-state index contributed by atoms with van der Waals surface area (Å²) in [5, 5.41) is 0. The number of pyridine rings is 1. The normalized spacial score (nSPS) is 10.5. The highest BCUT2D eigenvalue weighted by Gasteiger charge is 2.13. The minimum absolute atomic E-state index is 0.505. The molecule has 1 aromatic heterocycles. The first-order valence-electron chi connectivity index (χ1n) is 6.66. The topological polar surface area (TPSA) is 42.2 Å². The lowest BCUT2D eigenvalue weighted by molar-refractivity contribution is 0.960. The zero-order valence-corrected chi connectivity index (χ0v) is 11.9. The Morgan fingerprint density at radius 1 is 1.16 bits per heavy atom. The second-order valence-electron chi connectivity index (χ2n) is 4.69. The summed E-state index contributed by atoms with van der Waals surface area (Å²) < 4.78 is 0. The standard InChI is InChI=1S/C16H21N3/c1-4-19(15-8-6-5-7-12(15)2)16-9-13(3)18-11-14(16)10-17/h5-9,11H,4,10,17H2,1-3H3. The van der Waals surface area contributed by atoms with Gasteiger partial charge in [-0.05, 0) is 38.5 Å². The molecule has 1 heterocycles. The molecule has 3 nitrogen and oxygen atoms in total. The third-order valence-electron chi connectivity index (χ3n) is 3.33. The highest BCUT2D eigenvalue weighted by Crippen LogP contribution is 2.30. The van der Waals surface area contributed by atoms with E-state index in [1.165, 1.54) is 11.3 Å². The molecule has 3 heteroatoms. The molecule has 100 valence electrons. The molecule has 0 saturated heterocycles. The van der Waals surface area contributed by atoms with Crippen molar-refractivity contribution >= 4 is 11.4 Å². The van der Waals surface area contributed by atoms with E-state index < -0.39 is 0 Å². The van der Waals surface area contributed by atoms with Crippen LogP contribution < -0.4 is 10.6 Å². The molecule has 0 saturated carbocycles. The van der Waals surface area contributed by atoms with E-state index in [4.69, 9.17) is 5.73 Å². The lowest BCUT2D eigenvalue weighted by Crippen LogP contribution is -2.20. The van der Waals surface area contributed by atoms with Gasteiger partial charge in [0.1, 0.15) is 0 Å². The van der Waals surface area contributed by atoms with Gasteiger partial charge in [-0.3, -0.25) is 4.98 Å². The van der Waals surface area contributed by atoms with Gasteiger partial charge >= 0.3 is 0 Å². The zero-order chi connectivity index (χ0) is 13.8. The van der Waals surface area contributed by atoms with E-state index in [9.17, 15) is 0 Å². The minimum Gasteiger partial charge on any atom is -0.341 e. The van der Waals surface area contributed by atoms with Crippen LogP contribution in [0.4, 0.5) is 11.4 Å². The van der Waals surface area contributed by atoms with Crippen molar-refractivity contribution in [2.45, 2.75) is 27.3 Å². The monoisotopic (exact) mass is 255 g/mol. The first-order chi connectivity index (χ1) is 9.17. The average molecular weight is 255 g/mol. The number of nitrogens with zero attached hydrogens (tertiary/aromatic N) is 2. The van der Waals surface area contributed by atoms with Gasteiger partial charge in [0, 0.05) is 41.9 Å². The van der Waals surface area contributed by atoms with Crippen LogP contribution in [0.15, 0.2) is 36.5 Å². The van der Waals surface area contributed by atoms with Crippen LogP contribution in [0.25, 0.3) is 0 Å².